The Morgan fingerprint density at radius 1 is 1.25 bits per heavy atom. The van der Waals surface area contributed by atoms with Gasteiger partial charge in [-0.25, -0.2) is 0 Å². The van der Waals surface area contributed by atoms with Crippen molar-refractivity contribution in [1.82, 2.24) is 0 Å². The van der Waals surface area contributed by atoms with E-state index in [4.69, 9.17) is 9.47 Å². The third kappa shape index (κ3) is 1.26. The molecule has 0 bridgehead atoms. The zero-order chi connectivity index (χ0) is 8.60. The van der Waals surface area contributed by atoms with Crippen LogP contribution >= 0.6 is 0 Å². The quantitative estimate of drug-likeness (QED) is 0.590. The molecule has 12 heavy (non-hydrogen) atoms. The van der Waals surface area contributed by atoms with Gasteiger partial charge < -0.3 is 14.6 Å². The fourth-order valence-corrected chi connectivity index (χ4v) is 2.17. The first-order valence-electron chi connectivity index (χ1n) is 4.69. The highest BCUT2D eigenvalue weighted by molar-refractivity contribution is 4.87. The lowest BCUT2D eigenvalue weighted by Crippen LogP contribution is -2.45. The van der Waals surface area contributed by atoms with Crippen LogP contribution in [0.5, 0.6) is 0 Å². The van der Waals surface area contributed by atoms with Crippen molar-refractivity contribution in [1.29, 1.82) is 0 Å². The summed E-state index contributed by atoms with van der Waals surface area (Å²) in [6.07, 6.45) is 2.30. The van der Waals surface area contributed by atoms with E-state index in [9.17, 15) is 5.11 Å². The van der Waals surface area contributed by atoms with Gasteiger partial charge in [-0.3, -0.25) is 0 Å². The lowest BCUT2D eigenvalue weighted by atomic mass is 9.83. The second kappa shape index (κ2) is 2.98. The fourth-order valence-electron chi connectivity index (χ4n) is 2.17. The molecular weight excluding hydrogens is 156 g/mol. The Morgan fingerprint density at radius 2 is 1.92 bits per heavy atom. The van der Waals surface area contributed by atoms with Crippen molar-refractivity contribution in [2.75, 3.05) is 13.2 Å². The van der Waals surface area contributed by atoms with E-state index in [0.717, 1.165) is 12.8 Å². The second-order valence-corrected chi connectivity index (χ2v) is 3.85. The summed E-state index contributed by atoms with van der Waals surface area (Å²) in [7, 11) is 0. The highest BCUT2D eigenvalue weighted by Crippen LogP contribution is 2.40. The molecule has 3 heteroatoms. The predicted molar refractivity (Wildman–Crippen MR) is 43.7 cm³/mol. The average Bonchev–Trinajstić information content (AvgIpc) is 2.48. The average molecular weight is 172 g/mol. The van der Waals surface area contributed by atoms with Gasteiger partial charge in [0.2, 0.25) is 0 Å². The van der Waals surface area contributed by atoms with Crippen LogP contribution in [0.3, 0.4) is 0 Å². The lowest BCUT2D eigenvalue weighted by molar-refractivity contribution is -0.224. The molecule has 0 amide bonds. The summed E-state index contributed by atoms with van der Waals surface area (Å²) in [5.74, 6) is -0.0269. The zero-order valence-electron chi connectivity index (χ0n) is 7.45. The molecule has 0 aromatic rings. The molecule has 1 aliphatic carbocycles. The summed E-state index contributed by atoms with van der Waals surface area (Å²) < 4.78 is 11.2. The number of ether oxygens (including phenoxy) is 2. The van der Waals surface area contributed by atoms with Gasteiger partial charge in [0.05, 0.1) is 19.3 Å². The number of aliphatic hydroxyl groups excluding tert-OH is 1. The predicted octanol–water partition coefficient (Wildman–Crippen LogP) is 0.910. The first kappa shape index (κ1) is 8.48. The smallest absolute Gasteiger partial charge is 0.173 e. The molecule has 0 aromatic heterocycles. The first-order chi connectivity index (χ1) is 5.73. The molecular formula is C9H16O3. The molecule has 0 radical (unpaired) electrons. The lowest BCUT2D eigenvalue weighted by Gasteiger charge is -2.39. The molecule has 2 rings (SSSR count). The highest BCUT2D eigenvalue weighted by Gasteiger charge is 2.46. The summed E-state index contributed by atoms with van der Waals surface area (Å²) >= 11 is 0. The molecule has 2 atom stereocenters. The van der Waals surface area contributed by atoms with Crippen molar-refractivity contribution >= 4 is 0 Å². The minimum Gasteiger partial charge on any atom is -0.393 e. The van der Waals surface area contributed by atoms with E-state index in [1.807, 2.05) is 0 Å². The minimum atomic E-state index is -0.447. The monoisotopic (exact) mass is 172 g/mol. The zero-order valence-corrected chi connectivity index (χ0v) is 7.45. The van der Waals surface area contributed by atoms with Gasteiger partial charge in [0, 0.05) is 12.3 Å². The normalized spacial score (nSPS) is 40.5. The van der Waals surface area contributed by atoms with Crippen molar-refractivity contribution in [3.63, 3.8) is 0 Å². The summed E-state index contributed by atoms with van der Waals surface area (Å²) in [5.41, 5.74) is 0. The van der Waals surface area contributed by atoms with Crippen molar-refractivity contribution in [2.24, 2.45) is 5.92 Å². The van der Waals surface area contributed by atoms with Crippen molar-refractivity contribution in [3.05, 3.63) is 0 Å². The number of aliphatic hydroxyl groups is 1. The Labute approximate surface area is 72.7 Å². The van der Waals surface area contributed by atoms with E-state index in [0.29, 0.717) is 25.6 Å². The Balaban J connectivity index is 2.09. The molecule has 0 aromatic carbocycles. The van der Waals surface area contributed by atoms with Crippen molar-refractivity contribution in [2.45, 2.75) is 38.1 Å². The van der Waals surface area contributed by atoms with Gasteiger partial charge in [-0.2, -0.15) is 0 Å². The molecule has 2 fully saturated rings. The Hall–Kier alpha value is -0.120. The Kier molecular flexibility index (Phi) is 2.10. The molecule has 3 nitrogen and oxygen atoms in total. The minimum absolute atomic E-state index is 0.237. The maximum Gasteiger partial charge on any atom is 0.173 e. The molecule has 2 aliphatic rings. The molecule has 1 unspecified atom stereocenters. The Morgan fingerprint density at radius 3 is 2.58 bits per heavy atom. The number of hydrogen-bond donors (Lipinski definition) is 1. The molecule has 1 spiro atoms. The first-order valence-corrected chi connectivity index (χ1v) is 4.69. The largest absolute Gasteiger partial charge is 0.393 e. The van der Waals surface area contributed by atoms with Crippen LogP contribution in [0.1, 0.15) is 26.2 Å². The maximum absolute atomic E-state index is 9.49. The maximum atomic E-state index is 9.49. The Bertz CT molecular complexity index is 163. The van der Waals surface area contributed by atoms with Crippen LogP contribution in [0.4, 0.5) is 0 Å². The van der Waals surface area contributed by atoms with Gasteiger partial charge in [-0.05, 0) is 12.8 Å². The van der Waals surface area contributed by atoms with Crippen LogP contribution in [0.2, 0.25) is 0 Å². The third-order valence-electron chi connectivity index (χ3n) is 2.98. The molecule has 1 aliphatic heterocycles. The fraction of sp³-hybridized carbons (Fsp3) is 1.00. The van der Waals surface area contributed by atoms with E-state index in [1.54, 1.807) is 0 Å². The van der Waals surface area contributed by atoms with Crippen molar-refractivity contribution in [3.8, 4) is 0 Å². The van der Waals surface area contributed by atoms with E-state index >= 15 is 0 Å². The van der Waals surface area contributed by atoms with Crippen LogP contribution in [0.25, 0.3) is 0 Å². The molecule has 1 N–H and O–H groups in total. The highest BCUT2D eigenvalue weighted by atomic mass is 16.7. The summed E-state index contributed by atoms with van der Waals surface area (Å²) in [4.78, 5) is 0. The third-order valence-corrected chi connectivity index (χ3v) is 2.98. The van der Waals surface area contributed by atoms with Crippen LogP contribution in [0.15, 0.2) is 0 Å². The summed E-state index contributed by atoms with van der Waals surface area (Å²) in [6.45, 7) is 3.49. The van der Waals surface area contributed by atoms with Crippen LogP contribution in [-0.4, -0.2) is 30.2 Å². The van der Waals surface area contributed by atoms with Gasteiger partial charge in [0.1, 0.15) is 0 Å². The number of hydrogen-bond acceptors (Lipinski definition) is 3. The van der Waals surface area contributed by atoms with E-state index < -0.39 is 5.79 Å². The van der Waals surface area contributed by atoms with E-state index in [2.05, 4.69) is 6.92 Å². The van der Waals surface area contributed by atoms with E-state index in [1.165, 1.54) is 0 Å². The van der Waals surface area contributed by atoms with E-state index in [-0.39, 0.29) is 6.10 Å². The van der Waals surface area contributed by atoms with Crippen LogP contribution < -0.4 is 0 Å². The van der Waals surface area contributed by atoms with Crippen molar-refractivity contribution < 1.29 is 14.6 Å². The second-order valence-electron chi connectivity index (χ2n) is 3.85. The molecule has 1 saturated carbocycles. The van der Waals surface area contributed by atoms with Gasteiger partial charge in [0.15, 0.2) is 5.79 Å². The van der Waals surface area contributed by atoms with Gasteiger partial charge in [-0.15, -0.1) is 0 Å². The van der Waals surface area contributed by atoms with Crippen LogP contribution in [0, 0.1) is 5.92 Å². The molecule has 1 saturated heterocycles. The SMILES string of the molecule is C[C@@H]1CCC(O)CC12OCCO2. The molecule has 1 heterocycles. The molecule has 70 valence electrons. The van der Waals surface area contributed by atoms with Gasteiger partial charge in [0.25, 0.3) is 0 Å². The number of rotatable bonds is 0. The van der Waals surface area contributed by atoms with Crippen LogP contribution in [-0.2, 0) is 9.47 Å². The van der Waals surface area contributed by atoms with Gasteiger partial charge in [-0.1, -0.05) is 6.92 Å². The topological polar surface area (TPSA) is 38.7 Å². The summed E-state index contributed by atoms with van der Waals surface area (Å²) in [6, 6.07) is 0. The summed E-state index contributed by atoms with van der Waals surface area (Å²) in [5, 5.41) is 9.49. The standard InChI is InChI=1S/C9H16O3/c1-7-2-3-8(10)6-9(7)11-4-5-12-9/h7-8,10H,2-6H2,1H3/t7-,8?/m1/s1. The van der Waals surface area contributed by atoms with Gasteiger partial charge >= 0.3 is 0 Å².